The molecule has 2 aromatic heterocycles. The summed E-state index contributed by atoms with van der Waals surface area (Å²) in [4.78, 5) is 21.0. The molecule has 0 unspecified atom stereocenters. The largest absolute Gasteiger partial charge is 0.439 e. The standard InChI is InChI=1S/C24H22F3N5O2/c1-15(2)28-13-19-12-22(30-14-29-19)34-20-6-7-21-16(10-20)8-9-32(21)23(33)31-18-5-3-4-17(11-18)24(25,26)27/h3-12,14-15,28H,13H2,1-2H3,(H,31,33). The van der Waals surface area contributed by atoms with Gasteiger partial charge in [0.2, 0.25) is 5.88 Å². The Kier molecular flexibility index (Phi) is 6.51. The second-order valence-corrected chi connectivity index (χ2v) is 7.90. The van der Waals surface area contributed by atoms with Crippen molar-refractivity contribution in [2.45, 2.75) is 32.6 Å². The number of hydrogen-bond acceptors (Lipinski definition) is 5. The lowest BCUT2D eigenvalue weighted by atomic mass is 10.2. The Labute approximate surface area is 193 Å². The van der Waals surface area contributed by atoms with Crippen LogP contribution in [0.3, 0.4) is 0 Å². The van der Waals surface area contributed by atoms with Gasteiger partial charge in [-0.1, -0.05) is 19.9 Å². The average Bonchev–Trinajstić information content (AvgIpc) is 3.21. The highest BCUT2D eigenvalue weighted by Gasteiger charge is 2.30. The molecule has 10 heteroatoms. The second kappa shape index (κ2) is 9.52. The predicted octanol–water partition coefficient (Wildman–Crippen LogP) is 5.82. The van der Waals surface area contributed by atoms with E-state index in [1.807, 2.05) is 13.8 Å². The minimum atomic E-state index is -4.49. The van der Waals surface area contributed by atoms with E-state index in [0.29, 0.717) is 35.1 Å². The first-order chi connectivity index (χ1) is 16.2. The van der Waals surface area contributed by atoms with Crippen molar-refractivity contribution in [2.75, 3.05) is 5.32 Å². The molecule has 7 nitrogen and oxygen atoms in total. The van der Waals surface area contributed by atoms with Crippen molar-refractivity contribution < 1.29 is 22.7 Å². The van der Waals surface area contributed by atoms with Crippen LogP contribution in [0.4, 0.5) is 23.7 Å². The van der Waals surface area contributed by atoms with Crippen LogP contribution in [0, 0.1) is 0 Å². The van der Waals surface area contributed by atoms with Gasteiger partial charge in [0.25, 0.3) is 0 Å². The molecule has 0 bridgehead atoms. The molecule has 1 amide bonds. The van der Waals surface area contributed by atoms with E-state index < -0.39 is 17.8 Å². The molecular formula is C24H22F3N5O2. The minimum absolute atomic E-state index is 0.0492. The van der Waals surface area contributed by atoms with E-state index >= 15 is 0 Å². The average molecular weight is 469 g/mol. The van der Waals surface area contributed by atoms with Crippen LogP contribution in [0.25, 0.3) is 10.9 Å². The fourth-order valence-electron chi connectivity index (χ4n) is 3.28. The van der Waals surface area contributed by atoms with E-state index in [1.54, 1.807) is 30.3 Å². The number of nitrogens with zero attached hydrogens (tertiary/aromatic N) is 3. The first kappa shape index (κ1) is 23.2. The molecular weight excluding hydrogens is 447 g/mol. The van der Waals surface area contributed by atoms with Crippen molar-refractivity contribution in [2.24, 2.45) is 0 Å². The zero-order chi connectivity index (χ0) is 24.3. The maximum Gasteiger partial charge on any atom is 0.416 e. The highest BCUT2D eigenvalue weighted by atomic mass is 19.4. The number of hydrogen-bond donors (Lipinski definition) is 2. The molecule has 176 valence electrons. The summed E-state index contributed by atoms with van der Waals surface area (Å²) in [5.74, 6) is 0.904. The lowest BCUT2D eigenvalue weighted by Crippen LogP contribution is -2.22. The van der Waals surface area contributed by atoms with Crippen LogP contribution in [-0.4, -0.2) is 26.6 Å². The van der Waals surface area contributed by atoms with E-state index in [2.05, 4.69) is 20.6 Å². The maximum absolute atomic E-state index is 12.9. The number of benzene rings is 2. The van der Waals surface area contributed by atoms with Crippen LogP contribution in [-0.2, 0) is 12.7 Å². The molecule has 0 aliphatic heterocycles. The number of anilines is 1. The molecule has 0 atom stereocenters. The number of aromatic nitrogens is 3. The maximum atomic E-state index is 12.9. The van der Waals surface area contributed by atoms with Gasteiger partial charge in [-0.15, -0.1) is 0 Å². The van der Waals surface area contributed by atoms with E-state index in [1.165, 1.54) is 29.2 Å². The van der Waals surface area contributed by atoms with E-state index in [-0.39, 0.29) is 5.69 Å². The molecule has 0 spiro atoms. The first-order valence-corrected chi connectivity index (χ1v) is 10.5. The molecule has 4 rings (SSSR count). The van der Waals surface area contributed by atoms with E-state index in [0.717, 1.165) is 17.8 Å². The van der Waals surface area contributed by atoms with Crippen molar-refractivity contribution in [3.63, 3.8) is 0 Å². The van der Waals surface area contributed by atoms with Gasteiger partial charge in [-0.05, 0) is 42.5 Å². The van der Waals surface area contributed by atoms with Crippen molar-refractivity contribution >= 4 is 22.6 Å². The number of carbonyl (C=O) groups is 1. The summed E-state index contributed by atoms with van der Waals surface area (Å²) >= 11 is 0. The third kappa shape index (κ3) is 5.52. The second-order valence-electron chi connectivity index (χ2n) is 7.90. The fraction of sp³-hybridized carbons (Fsp3) is 0.208. The van der Waals surface area contributed by atoms with Crippen LogP contribution < -0.4 is 15.4 Å². The van der Waals surface area contributed by atoms with Crippen molar-refractivity contribution in [1.82, 2.24) is 19.9 Å². The molecule has 34 heavy (non-hydrogen) atoms. The highest BCUT2D eigenvalue weighted by molar-refractivity contribution is 5.98. The van der Waals surface area contributed by atoms with Crippen LogP contribution in [0.2, 0.25) is 0 Å². The summed E-state index contributed by atoms with van der Waals surface area (Å²) < 4.78 is 46.0. The van der Waals surface area contributed by atoms with Gasteiger partial charge in [-0.25, -0.2) is 14.8 Å². The van der Waals surface area contributed by atoms with Crippen LogP contribution in [0.15, 0.2) is 67.1 Å². The van der Waals surface area contributed by atoms with Gasteiger partial charge in [0.15, 0.2) is 0 Å². The minimum Gasteiger partial charge on any atom is -0.439 e. The Morgan fingerprint density at radius 1 is 1.09 bits per heavy atom. The van der Waals surface area contributed by atoms with Crippen molar-refractivity contribution in [1.29, 1.82) is 0 Å². The molecule has 2 N–H and O–H groups in total. The van der Waals surface area contributed by atoms with Gasteiger partial charge < -0.3 is 15.4 Å². The number of carbonyl (C=O) groups excluding carboxylic acids is 1. The van der Waals surface area contributed by atoms with Gasteiger partial charge in [0.05, 0.1) is 16.8 Å². The molecule has 2 heterocycles. The number of ether oxygens (including phenoxy) is 1. The summed E-state index contributed by atoms with van der Waals surface area (Å²) in [5.41, 5.74) is 0.573. The van der Waals surface area contributed by atoms with Gasteiger partial charge >= 0.3 is 12.2 Å². The fourth-order valence-corrected chi connectivity index (χ4v) is 3.28. The number of amides is 1. The van der Waals surface area contributed by atoms with Gasteiger partial charge in [-0.2, -0.15) is 13.2 Å². The molecule has 0 aliphatic rings. The van der Waals surface area contributed by atoms with Crippen LogP contribution in [0.5, 0.6) is 11.6 Å². The molecule has 0 radical (unpaired) electrons. The summed E-state index contributed by atoms with van der Waals surface area (Å²) in [6.07, 6.45) is -1.52. The van der Waals surface area contributed by atoms with Crippen LogP contribution in [0.1, 0.15) is 25.1 Å². The normalized spacial score (nSPS) is 11.7. The van der Waals surface area contributed by atoms with Crippen molar-refractivity contribution in [3.05, 3.63) is 78.4 Å². The van der Waals surface area contributed by atoms with Gasteiger partial charge in [0, 0.05) is 35.9 Å². The number of rotatable bonds is 6. The van der Waals surface area contributed by atoms with Gasteiger partial charge in [0.1, 0.15) is 12.1 Å². The number of alkyl halides is 3. The Balaban J connectivity index is 1.49. The molecule has 2 aromatic carbocycles. The third-order valence-electron chi connectivity index (χ3n) is 4.93. The summed E-state index contributed by atoms with van der Waals surface area (Å²) in [5, 5.41) is 6.49. The highest BCUT2D eigenvalue weighted by Crippen LogP contribution is 2.31. The third-order valence-corrected chi connectivity index (χ3v) is 4.93. The quantitative estimate of drug-likeness (QED) is 0.372. The zero-order valence-electron chi connectivity index (χ0n) is 18.4. The Morgan fingerprint density at radius 2 is 1.91 bits per heavy atom. The van der Waals surface area contributed by atoms with Crippen molar-refractivity contribution in [3.8, 4) is 11.6 Å². The molecule has 0 saturated heterocycles. The molecule has 0 saturated carbocycles. The Bertz CT molecular complexity index is 1320. The number of fused-ring (bicyclic) bond motifs is 1. The topological polar surface area (TPSA) is 81.1 Å². The summed E-state index contributed by atoms with van der Waals surface area (Å²) in [6, 6.07) is 12.8. The number of nitrogens with one attached hydrogen (secondary N) is 2. The molecule has 0 fully saturated rings. The number of halogens is 3. The molecule has 0 aliphatic carbocycles. The zero-order valence-corrected chi connectivity index (χ0v) is 18.4. The molecule has 4 aromatic rings. The summed E-state index contributed by atoms with van der Waals surface area (Å²) in [6.45, 7) is 4.67. The summed E-state index contributed by atoms with van der Waals surface area (Å²) in [7, 11) is 0. The van der Waals surface area contributed by atoms with E-state index in [9.17, 15) is 18.0 Å². The monoisotopic (exact) mass is 469 g/mol. The lowest BCUT2D eigenvalue weighted by Gasteiger charge is -2.11. The van der Waals surface area contributed by atoms with Crippen LogP contribution >= 0.6 is 0 Å². The Hall–Kier alpha value is -3.92. The lowest BCUT2D eigenvalue weighted by molar-refractivity contribution is -0.137. The first-order valence-electron chi connectivity index (χ1n) is 10.5. The van der Waals surface area contributed by atoms with E-state index in [4.69, 9.17) is 4.74 Å². The smallest absolute Gasteiger partial charge is 0.416 e. The predicted molar refractivity (Wildman–Crippen MR) is 122 cm³/mol. The Morgan fingerprint density at radius 3 is 2.68 bits per heavy atom. The van der Waals surface area contributed by atoms with Gasteiger partial charge in [-0.3, -0.25) is 4.57 Å². The SMILES string of the molecule is CC(C)NCc1cc(Oc2ccc3c(ccn3C(=O)Nc3cccc(C(F)(F)F)c3)c2)ncn1.